The molecular formula is C13H17NO2. The predicted octanol–water partition coefficient (Wildman–Crippen LogP) is 1.43. The Labute approximate surface area is 95.6 Å². The minimum absolute atomic E-state index is 0.0255. The Morgan fingerprint density at radius 1 is 1.44 bits per heavy atom. The van der Waals surface area contributed by atoms with Crippen LogP contribution >= 0.6 is 0 Å². The molecule has 0 aromatic heterocycles. The number of carbonyl (C=O) groups is 1. The van der Waals surface area contributed by atoms with Gasteiger partial charge >= 0.3 is 5.97 Å². The lowest BCUT2D eigenvalue weighted by Gasteiger charge is -2.14. The largest absolute Gasteiger partial charge is 0.461 e. The lowest BCUT2D eigenvalue weighted by atomic mass is 10.1. The van der Waals surface area contributed by atoms with Crippen LogP contribution < -0.4 is 5.73 Å². The normalized spacial score (nSPS) is 16.9. The first-order chi connectivity index (χ1) is 7.70. The molecule has 0 radical (unpaired) electrons. The van der Waals surface area contributed by atoms with Crippen LogP contribution in [0.4, 0.5) is 0 Å². The van der Waals surface area contributed by atoms with Gasteiger partial charge < -0.3 is 10.5 Å². The van der Waals surface area contributed by atoms with Crippen LogP contribution in [-0.4, -0.2) is 18.1 Å². The summed E-state index contributed by atoms with van der Waals surface area (Å²) in [6.07, 6.45) is 2.23. The molecule has 0 aliphatic heterocycles. The van der Waals surface area contributed by atoms with E-state index < -0.39 is 6.04 Å². The Bertz CT molecular complexity index is 364. The topological polar surface area (TPSA) is 52.3 Å². The van der Waals surface area contributed by atoms with Crippen LogP contribution in [0.25, 0.3) is 0 Å². The van der Waals surface area contributed by atoms with Gasteiger partial charge in [-0.3, -0.25) is 4.79 Å². The van der Waals surface area contributed by atoms with E-state index in [0.717, 1.165) is 12.8 Å². The molecule has 0 spiro atoms. The highest BCUT2D eigenvalue weighted by atomic mass is 16.5. The number of ether oxygens (including phenoxy) is 1. The fraction of sp³-hybridized carbons (Fsp3) is 0.462. The SMILES string of the molecule is CCC(N)C(=O)OC1Cc2ccccc2C1. The standard InChI is InChI=1S/C13H17NO2/c1-2-12(14)13(15)16-11-7-9-5-3-4-6-10(9)8-11/h3-6,11-12H,2,7-8,14H2,1H3. The molecule has 2 rings (SSSR count). The number of nitrogens with two attached hydrogens (primary N) is 1. The Kier molecular flexibility index (Phi) is 3.25. The Morgan fingerprint density at radius 3 is 2.50 bits per heavy atom. The van der Waals surface area contributed by atoms with E-state index in [4.69, 9.17) is 10.5 Å². The zero-order valence-corrected chi connectivity index (χ0v) is 9.48. The van der Waals surface area contributed by atoms with Gasteiger partial charge in [-0.1, -0.05) is 31.2 Å². The third-order valence-corrected chi connectivity index (χ3v) is 3.04. The Hall–Kier alpha value is -1.35. The number of benzene rings is 1. The van der Waals surface area contributed by atoms with Crippen LogP contribution in [0, 0.1) is 0 Å². The Morgan fingerprint density at radius 2 is 2.00 bits per heavy atom. The van der Waals surface area contributed by atoms with Crippen molar-refractivity contribution in [2.24, 2.45) is 5.73 Å². The summed E-state index contributed by atoms with van der Waals surface area (Å²) in [6, 6.07) is 7.72. The monoisotopic (exact) mass is 219 g/mol. The molecule has 16 heavy (non-hydrogen) atoms. The highest BCUT2D eigenvalue weighted by Gasteiger charge is 2.25. The zero-order valence-electron chi connectivity index (χ0n) is 9.48. The molecule has 1 aromatic rings. The molecule has 0 saturated heterocycles. The number of hydrogen-bond acceptors (Lipinski definition) is 3. The summed E-state index contributed by atoms with van der Waals surface area (Å²) in [5, 5.41) is 0. The number of fused-ring (bicyclic) bond motifs is 1. The second-order valence-corrected chi connectivity index (χ2v) is 4.25. The number of carbonyl (C=O) groups excluding carboxylic acids is 1. The molecule has 86 valence electrons. The van der Waals surface area contributed by atoms with Gasteiger partial charge in [0.2, 0.25) is 0 Å². The second-order valence-electron chi connectivity index (χ2n) is 4.25. The van der Waals surface area contributed by atoms with Gasteiger partial charge in [-0.25, -0.2) is 0 Å². The maximum atomic E-state index is 11.5. The first-order valence-electron chi connectivity index (χ1n) is 5.73. The first-order valence-corrected chi connectivity index (χ1v) is 5.73. The minimum Gasteiger partial charge on any atom is -0.461 e. The fourth-order valence-electron chi connectivity index (χ4n) is 2.02. The van der Waals surface area contributed by atoms with Crippen molar-refractivity contribution in [3.05, 3.63) is 35.4 Å². The average molecular weight is 219 g/mol. The molecule has 0 bridgehead atoms. The molecule has 2 N–H and O–H groups in total. The number of esters is 1. The van der Waals surface area contributed by atoms with Crippen LogP contribution in [0.3, 0.4) is 0 Å². The van der Waals surface area contributed by atoms with E-state index in [1.165, 1.54) is 11.1 Å². The van der Waals surface area contributed by atoms with Gasteiger partial charge in [-0.15, -0.1) is 0 Å². The highest BCUT2D eigenvalue weighted by molar-refractivity contribution is 5.75. The van der Waals surface area contributed by atoms with Crippen molar-refractivity contribution in [2.75, 3.05) is 0 Å². The van der Waals surface area contributed by atoms with Crippen molar-refractivity contribution in [1.29, 1.82) is 0 Å². The average Bonchev–Trinajstić information content (AvgIpc) is 2.69. The number of rotatable bonds is 3. The molecule has 1 aliphatic rings. The van der Waals surface area contributed by atoms with Gasteiger partial charge in [0.1, 0.15) is 12.1 Å². The third kappa shape index (κ3) is 2.25. The molecule has 1 atom stereocenters. The van der Waals surface area contributed by atoms with Crippen molar-refractivity contribution < 1.29 is 9.53 Å². The van der Waals surface area contributed by atoms with Gasteiger partial charge in [0, 0.05) is 12.8 Å². The molecule has 1 unspecified atom stereocenters. The molecule has 1 aromatic carbocycles. The summed E-state index contributed by atoms with van der Waals surface area (Å²) in [5.41, 5.74) is 8.19. The fourth-order valence-corrected chi connectivity index (χ4v) is 2.02. The van der Waals surface area contributed by atoms with E-state index in [1.807, 2.05) is 19.1 Å². The number of hydrogen-bond donors (Lipinski definition) is 1. The molecular weight excluding hydrogens is 202 g/mol. The van der Waals surface area contributed by atoms with Crippen molar-refractivity contribution in [3.8, 4) is 0 Å². The van der Waals surface area contributed by atoms with Gasteiger partial charge in [0.15, 0.2) is 0 Å². The van der Waals surface area contributed by atoms with Gasteiger partial charge in [-0.05, 0) is 17.5 Å². The van der Waals surface area contributed by atoms with Crippen LogP contribution in [0.15, 0.2) is 24.3 Å². The summed E-state index contributed by atoms with van der Waals surface area (Å²) < 4.78 is 5.38. The minimum atomic E-state index is -0.483. The summed E-state index contributed by atoms with van der Waals surface area (Å²) in [6.45, 7) is 1.88. The summed E-state index contributed by atoms with van der Waals surface area (Å²) >= 11 is 0. The molecule has 0 heterocycles. The molecule has 3 heteroatoms. The maximum absolute atomic E-state index is 11.5. The van der Waals surface area contributed by atoms with E-state index in [0.29, 0.717) is 6.42 Å². The molecule has 0 amide bonds. The van der Waals surface area contributed by atoms with Gasteiger partial charge in [0.25, 0.3) is 0 Å². The van der Waals surface area contributed by atoms with Crippen LogP contribution in [0.2, 0.25) is 0 Å². The van der Waals surface area contributed by atoms with Crippen molar-refractivity contribution in [1.82, 2.24) is 0 Å². The van der Waals surface area contributed by atoms with Crippen LogP contribution in [0.1, 0.15) is 24.5 Å². The van der Waals surface area contributed by atoms with Gasteiger partial charge in [-0.2, -0.15) is 0 Å². The van der Waals surface area contributed by atoms with E-state index >= 15 is 0 Å². The van der Waals surface area contributed by atoms with E-state index in [2.05, 4.69) is 12.1 Å². The molecule has 0 saturated carbocycles. The van der Waals surface area contributed by atoms with E-state index in [1.54, 1.807) is 0 Å². The third-order valence-electron chi connectivity index (χ3n) is 3.04. The van der Waals surface area contributed by atoms with Gasteiger partial charge in [0.05, 0.1) is 0 Å². The quantitative estimate of drug-likeness (QED) is 0.782. The summed E-state index contributed by atoms with van der Waals surface area (Å²) in [5.74, 6) is -0.277. The summed E-state index contributed by atoms with van der Waals surface area (Å²) in [7, 11) is 0. The summed E-state index contributed by atoms with van der Waals surface area (Å²) in [4.78, 5) is 11.5. The first kappa shape index (κ1) is 11.1. The molecule has 1 aliphatic carbocycles. The van der Waals surface area contributed by atoms with Crippen molar-refractivity contribution in [3.63, 3.8) is 0 Å². The lowest BCUT2D eigenvalue weighted by molar-refractivity contribution is -0.150. The van der Waals surface area contributed by atoms with Crippen LogP contribution in [0.5, 0.6) is 0 Å². The molecule has 0 fully saturated rings. The smallest absolute Gasteiger partial charge is 0.323 e. The maximum Gasteiger partial charge on any atom is 0.323 e. The molecule has 3 nitrogen and oxygen atoms in total. The zero-order chi connectivity index (χ0) is 11.5. The second kappa shape index (κ2) is 4.66. The highest BCUT2D eigenvalue weighted by Crippen LogP contribution is 2.23. The van der Waals surface area contributed by atoms with Crippen LogP contribution in [-0.2, 0) is 22.4 Å². The predicted molar refractivity (Wildman–Crippen MR) is 62.0 cm³/mol. The lowest BCUT2D eigenvalue weighted by Crippen LogP contribution is -2.34. The van der Waals surface area contributed by atoms with Crippen molar-refractivity contribution >= 4 is 5.97 Å². The van der Waals surface area contributed by atoms with E-state index in [9.17, 15) is 4.79 Å². The van der Waals surface area contributed by atoms with Crippen molar-refractivity contribution in [2.45, 2.75) is 38.3 Å². The Balaban J connectivity index is 1.95. The van der Waals surface area contributed by atoms with E-state index in [-0.39, 0.29) is 12.1 Å².